The standard InChI is InChI=1S/C11H21NO2/c1-9(2)14-10(13)12-8-6-7-11(3,4)5/h6-7,9H,8H2,1-5H3,(H,12,13)/b7-6+. The van der Waals surface area contributed by atoms with Gasteiger partial charge in [-0.2, -0.15) is 0 Å². The Bertz CT molecular complexity index is 202. The summed E-state index contributed by atoms with van der Waals surface area (Å²) in [4.78, 5) is 11.0. The molecule has 1 N–H and O–H groups in total. The van der Waals surface area contributed by atoms with Crippen molar-refractivity contribution < 1.29 is 9.53 Å². The molecule has 0 spiro atoms. The highest BCUT2D eigenvalue weighted by Crippen LogP contribution is 2.13. The highest BCUT2D eigenvalue weighted by atomic mass is 16.6. The zero-order chi connectivity index (χ0) is 11.2. The van der Waals surface area contributed by atoms with E-state index in [1.807, 2.05) is 19.9 Å². The molecule has 0 saturated heterocycles. The first-order chi connectivity index (χ1) is 6.31. The molecule has 0 aromatic rings. The average Bonchev–Trinajstić information content (AvgIpc) is 1.95. The number of hydrogen-bond acceptors (Lipinski definition) is 2. The minimum Gasteiger partial charge on any atom is -0.447 e. The summed E-state index contributed by atoms with van der Waals surface area (Å²) >= 11 is 0. The van der Waals surface area contributed by atoms with Crippen LogP contribution in [0.4, 0.5) is 4.79 Å². The lowest BCUT2D eigenvalue weighted by molar-refractivity contribution is 0.116. The first-order valence-corrected chi connectivity index (χ1v) is 4.93. The van der Waals surface area contributed by atoms with Crippen molar-refractivity contribution in [3.05, 3.63) is 12.2 Å². The van der Waals surface area contributed by atoms with E-state index in [4.69, 9.17) is 4.74 Å². The predicted molar refractivity (Wildman–Crippen MR) is 58.2 cm³/mol. The van der Waals surface area contributed by atoms with Crippen molar-refractivity contribution in [2.45, 2.75) is 40.7 Å². The van der Waals surface area contributed by atoms with E-state index in [2.05, 4.69) is 32.2 Å². The number of rotatable bonds is 3. The fourth-order valence-corrected chi connectivity index (χ4v) is 0.810. The fourth-order valence-electron chi connectivity index (χ4n) is 0.810. The molecule has 0 radical (unpaired) electrons. The number of alkyl carbamates (subject to hydrolysis) is 1. The monoisotopic (exact) mass is 199 g/mol. The second-order valence-electron chi connectivity index (χ2n) is 4.60. The highest BCUT2D eigenvalue weighted by Gasteiger charge is 2.04. The number of carbonyl (C=O) groups excluding carboxylic acids is 1. The summed E-state index contributed by atoms with van der Waals surface area (Å²) < 4.78 is 4.90. The molecule has 1 amide bonds. The van der Waals surface area contributed by atoms with Crippen LogP contribution in [0.25, 0.3) is 0 Å². The van der Waals surface area contributed by atoms with Crippen LogP contribution in [-0.2, 0) is 4.74 Å². The lowest BCUT2D eigenvalue weighted by atomic mass is 9.96. The highest BCUT2D eigenvalue weighted by molar-refractivity contribution is 5.67. The van der Waals surface area contributed by atoms with Gasteiger partial charge in [-0.25, -0.2) is 4.79 Å². The first kappa shape index (κ1) is 13.0. The summed E-state index contributed by atoms with van der Waals surface area (Å²) in [5.74, 6) is 0. The van der Waals surface area contributed by atoms with E-state index in [9.17, 15) is 4.79 Å². The number of amides is 1. The summed E-state index contributed by atoms with van der Waals surface area (Å²) in [6.07, 6.45) is 3.56. The van der Waals surface area contributed by atoms with Gasteiger partial charge in [0.1, 0.15) is 0 Å². The van der Waals surface area contributed by atoms with Gasteiger partial charge in [0.25, 0.3) is 0 Å². The Hall–Kier alpha value is -0.990. The minimum atomic E-state index is -0.362. The molecule has 0 rings (SSSR count). The van der Waals surface area contributed by atoms with Crippen molar-refractivity contribution in [1.82, 2.24) is 5.32 Å². The zero-order valence-electron chi connectivity index (χ0n) is 9.76. The van der Waals surface area contributed by atoms with Crippen LogP contribution < -0.4 is 5.32 Å². The van der Waals surface area contributed by atoms with Crippen LogP contribution in [0.5, 0.6) is 0 Å². The van der Waals surface area contributed by atoms with Gasteiger partial charge < -0.3 is 10.1 Å². The van der Waals surface area contributed by atoms with Crippen molar-refractivity contribution in [3.8, 4) is 0 Å². The summed E-state index contributed by atoms with van der Waals surface area (Å²) in [6.45, 7) is 10.5. The largest absolute Gasteiger partial charge is 0.447 e. The van der Waals surface area contributed by atoms with E-state index < -0.39 is 0 Å². The third kappa shape index (κ3) is 9.10. The number of carbonyl (C=O) groups is 1. The van der Waals surface area contributed by atoms with Gasteiger partial charge in [0, 0.05) is 6.54 Å². The lowest BCUT2D eigenvalue weighted by Gasteiger charge is -2.11. The van der Waals surface area contributed by atoms with Crippen molar-refractivity contribution in [2.24, 2.45) is 5.41 Å². The fraction of sp³-hybridized carbons (Fsp3) is 0.727. The van der Waals surface area contributed by atoms with Gasteiger partial charge in [-0.1, -0.05) is 32.9 Å². The molecule has 0 aliphatic rings. The molecule has 3 nitrogen and oxygen atoms in total. The molecule has 0 aromatic carbocycles. The Labute approximate surface area is 86.5 Å². The van der Waals surface area contributed by atoms with Crippen molar-refractivity contribution in [3.63, 3.8) is 0 Å². The van der Waals surface area contributed by atoms with Gasteiger partial charge in [-0.3, -0.25) is 0 Å². The molecule has 3 heteroatoms. The van der Waals surface area contributed by atoms with Crippen molar-refractivity contribution >= 4 is 6.09 Å². The van der Waals surface area contributed by atoms with E-state index >= 15 is 0 Å². The Morgan fingerprint density at radius 2 is 2.00 bits per heavy atom. The van der Waals surface area contributed by atoms with Crippen LogP contribution in [0.1, 0.15) is 34.6 Å². The predicted octanol–water partition coefficient (Wildman–Crippen LogP) is 2.72. The molecule has 14 heavy (non-hydrogen) atoms. The van der Waals surface area contributed by atoms with Gasteiger partial charge in [0.15, 0.2) is 0 Å². The summed E-state index contributed by atoms with van der Waals surface area (Å²) in [5.41, 5.74) is 0.156. The van der Waals surface area contributed by atoms with Gasteiger partial charge in [-0.15, -0.1) is 0 Å². The molecule has 82 valence electrons. The van der Waals surface area contributed by atoms with Gasteiger partial charge in [0.05, 0.1) is 6.10 Å². The van der Waals surface area contributed by atoms with E-state index in [1.165, 1.54) is 0 Å². The van der Waals surface area contributed by atoms with Gasteiger partial charge >= 0.3 is 6.09 Å². The molecular weight excluding hydrogens is 178 g/mol. The molecule has 0 saturated carbocycles. The normalized spacial score (nSPS) is 12.1. The van der Waals surface area contributed by atoms with Crippen molar-refractivity contribution in [2.75, 3.05) is 6.54 Å². The van der Waals surface area contributed by atoms with E-state index in [0.29, 0.717) is 6.54 Å². The van der Waals surface area contributed by atoms with Crippen LogP contribution in [0.15, 0.2) is 12.2 Å². The Kier molecular flexibility index (Phi) is 5.28. The maximum absolute atomic E-state index is 11.0. The Balaban J connectivity index is 3.64. The number of ether oxygens (including phenoxy) is 1. The number of nitrogens with one attached hydrogen (secondary N) is 1. The Morgan fingerprint density at radius 3 is 2.43 bits per heavy atom. The quantitative estimate of drug-likeness (QED) is 0.710. The second kappa shape index (κ2) is 5.68. The second-order valence-corrected chi connectivity index (χ2v) is 4.60. The molecule has 0 bridgehead atoms. The maximum atomic E-state index is 11.0. The molecule has 0 aliphatic heterocycles. The number of allylic oxidation sites excluding steroid dienone is 1. The zero-order valence-corrected chi connectivity index (χ0v) is 9.76. The smallest absolute Gasteiger partial charge is 0.407 e. The van der Waals surface area contributed by atoms with Crippen LogP contribution in [-0.4, -0.2) is 18.7 Å². The molecule has 0 heterocycles. The summed E-state index contributed by atoms with van der Waals surface area (Å²) in [7, 11) is 0. The van der Waals surface area contributed by atoms with E-state index in [0.717, 1.165) is 0 Å². The third-order valence-corrected chi connectivity index (χ3v) is 1.32. The minimum absolute atomic E-state index is 0.0680. The molecule has 0 unspecified atom stereocenters. The van der Waals surface area contributed by atoms with Crippen LogP contribution in [0.2, 0.25) is 0 Å². The number of hydrogen-bond donors (Lipinski definition) is 1. The molecular formula is C11H21NO2. The maximum Gasteiger partial charge on any atom is 0.407 e. The molecule has 0 atom stereocenters. The lowest BCUT2D eigenvalue weighted by Crippen LogP contribution is -2.26. The Morgan fingerprint density at radius 1 is 1.43 bits per heavy atom. The van der Waals surface area contributed by atoms with Crippen molar-refractivity contribution in [1.29, 1.82) is 0 Å². The van der Waals surface area contributed by atoms with Crippen LogP contribution in [0, 0.1) is 5.41 Å². The average molecular weight is 199 g/mol. The molecule has 0 aromatic heterocycles. The summed E-state index contributed by atoms with van der Waals surface area (Å²) in [6, 6.07) is 0. The topological polar surface area (TPSA) is 38.3 Å². The van der Waals surface area contributed by atoms with Gasteiger partial charge in [-0.05, 0) is 19.3 Å². The van der Waals surface area contributed by atoms with Crippen LogP contribution in [0.3, 0.4) is 0 Å². The molecule has 0 aliphatic carbocycles. The molecule has 0 fully saturated rings. The SMILES string of the molecule is CC(C)OC(=O)NC/C=C/C(C)(C)C. The third-order valence-electron chi connectivity index (χ3n) is 1.32. The van der Waals surface area contributed by atoms with Gasteiger partial charge in [0.2, 0.25) is 0 Å². The van der Waals surface area contributed by atoms with E-state index in [1.54, 1.807) is 0 Å². The first-order valence-electron chi connectivity index (χ1n) is 4.93. The van der Waals surface area contributed by atoms with Crippen LogP contribution >= 0.6 is 0 Å². The van der Waals surface area contributed by atoms with E-state index in [-0.39, 0.29) is 17.6 Å². The summed E-state index contributed by atoms with van der Waals surface area (Å²) in [5, 5.41) is 2.64.